The smallest absolute Gasteiger partial charge is 0.309 e. The van der Waals surface area contributed by atoms with Crippen LogP contribution in [0.1, 0.15) is 24.8 Å². The van der Waals surface area contributed by atoms with Gasteiger partial charge in [-0.05, 0) is 31.0 Å². The number of hydrogen-bond acceptors (Lipinski definition) is 3. The van der Waals surface area contributed by atoms with Gasteiger partial charge >= 0.3 is 5.97 Å². The third-order valence-corrected chi connectivity index (χ3v) is 4.27. The molecule has 2 unspecified atom stereocenters. The van der Waals surface area contributed by atoms with Gasteiger partial charge in [-0.25, -0.2) is 13.6 Å². The van der Waals surface area contributed by atoms with Crippen molar-refractivity contribution in [3.05, 3.63) is 29.8 Å². The molecule has 3 N–H and O–H groups in total. The number of aliphatic carboxylic acids is 1. The highest BCUT2D eigenvalue weighted by atomic mass is 32.2. The molecule has 0 bridgehead atoms. The number of carboxylic acid groups (broad SMARTS) is 1. The molecule has 6 heteroatoms. The molecule has 1 aromatic rings. The second-order valence-electron chi connectivity index (χ2n) is 4.59. The molecule has 0 heterocycles. The first-order valence-corrected chi connectivity index (χ1v) is 6.66. The number of hydrogen-bond donors (Lipinski definition) is 2. The minimum Gasteiger partial charge on any atom is -0.481 e. The van der Waals surface area contributed by atoms with E-state index in [0.717, 1.165) is 5.56 Å². The Morgan fingerprint density at radius 2 is 1.94 bits per heavy atom. The molecule has 2 rings (SSSR count). The van der Waals surface area contributed by atoms with E-state index in [2.05, 4.69) is 0 Å². The second kappa shape index (κ2) is 3.54. The van der Waals surface area contributed by atoms with Crippen LogP contribution >= 0.6 is 0 Å². The molecule has 2 atom stereocenters. The zero-order valence-electron chi connectivity index (χ0n) is 9.25. The summed E-state index contributed by atoms with van der Waals surface area (Å²) in [6, 6.07) is 6.06. The molecule has 92 valence electrons. The molecule has 1 aliphatic rings. The summed E-state index contributed by atoms with van der Waals surface area (Å²) in [6.45, 7) is 1.69. The van der Waals surface area contributed by atoms with Crippen LogP contribution in [0.2, 0.25) is 0 Å². The molecule has 17 heavy (non-hydrogen) atoms. The molecular formula is C11H13NO4S. The fraction of sp³-hybridized carbons (Fsp3) is 0.364. The van der Waals surface area contributed by atoms with Gasteiger partial charge in [-0.3, -0.25) is 4.79 Å². The Labute approximate surface area is 99.3 Å². The van der Waals surface area contributed by atoms with Crippen molar-refractivity contribution in [1.29, 1.82) is 0 Å². The molecule has 0 radical (unpaired) electrons. The summed E-state index contributed by atoms with van der Waals surface area (Å²) in [7, 11) is -3.69. The van der Waals surface area contributed by atoms with Crippen molar-refractivity contribution in [2.75, 3.05) is 0 Å². The number of rotatable bonds is 3. The van der Waals surface area contributed by atoms with Gasteiger partial charge in [0.15, 0.2) is 0 Å². The van der Waals surface area contributed by atoms with Gasteiger partial charge in [0.05, 0.1) is 10.3 Å². The standard InChI is InChI=1S/C11H13NO4S/c1-11(10(13)14)6-9(11)7-2-4-8(5-3-7)17(12,15)16/h2-5,9H,6H2,1H3,(H,13,14)(H2,12,15,16). The van der Waals surface area contributed by atoms with Crippen LogP contribution in [0, 0.1) is 5.41 Å². The Kier molecular flexibility index (Phi) is 2.52. The zero-order chi connectivity index (χ0) is 12.8. The Balaban J connectivity index is 2.25. The lowest BCUT2D eigenvalue weighted by molar-refractivity contribution is -0.142. The van der Waals surface area contributed by atoms with Crippen molar-refractivity contribution in [3.8, 4) is 0 Å². The molecule has 0 saturated heterocycles. The van der Waals surface area contributed by atoms with E-state index in [0.29, 0.717) is 6.42 Å². The maximum atomic E-state index is 11.0. The van der Waals surface area contributed by atoms with Gasteiger partial charge in [0.25, 0.3) is 0 Å². The van der Waals surface area contributed by atoms with E-state index in [-0.39, 0.29) is 10.8 Å². The summed E-state index contributed by atoms with van der Waals surface area (Å²) in [5, 5.41) is 14.0. The van der Waals surface area contributed by atoms with Crippen LogP contribution in [0.15, 0.2) is 29.2 Å². The average molecular weight is 255 g/mol. The predicted octanol–water partition coefficient (Wildman–Crippen LogP) is 0.912. The molecule has 0 spiro atoms. The van der Waals surface area contributed by atoms with Crippen molar-refractivity contribution in [2.24, 2.45) is 10.6 Å². The van der Waals surface area contributed by atoms with E-state index in [1.165, 1.54) is 12.1 Å². The third-order valence-electron chi connectivity index (χ3n) is 3.34. The Morgan fingerprint density at radius 3 is 2.29 bits per heavy atom. The highest BCUT2D eigenvalue weighted by Crippen LogP contribution is 2.59. The summed E-state index contributed by atoms with van der Waals surface area (Å²) >= 11 is 0. The summed E-state index contributed by atoms with van der Waals surface area (Å²) < 4.78 is 22.1. The first-order valence-electron chi connectivity index (χ1n) is 5.11. The minimum atomic E-state index is -3.69. The zero-order valence-corrected chi connectivity index (χ0v) is 10.1. The highest BCUT2D eigenvalue weighted by molar-refractivity contribution is 7.89. The Hall–Kier alpha value is -1.40. The number of primary sulfonamides is 1. The van der Waals surface area contributed by atoms with Crippen molar-refractivity contribution in [3.63, 3.8) is 0 Å². The first kappa shape index (κ1) is 12.1. The van der Waals surface area contributed by atoms with Crippen LogP contribution in [0.3, 0.4) is 0 Å². The summed E-state index contributed by atoms with van der Waals surface area (Å²) in [5.74, 6) is -0.868. The summed E-state index contributed by atoms with van der Waals surface area (Å²) in [5.41, 5.74) is 0.116. The van der Waals surface area contributed by atoms with Gasteiger partial charge in [0.2, 0.25) is 10.0 Å². The largest absolute Gasteiger partial charge is 0.481 e. The first-order chi connectivity index (χ1) is 7.75. The number of carboxylic acids is 1. The van der Waals surface area contributed by atoms with Gasteiger partial charge < -0.3 is 5.11 Å². The van der Waals surface area contributed by atoms with E-state index in [1.54, 1.807) is 19.1 Å². The van der Waals surface area contributed by atoms with E-state index < -0.39 is 21.4 Å². The molecule has 1 aromatic carbocycles. The van der Waals surface area contributed by atoms with Crippen molar-refractivity contribution in [2.45, 2.75) is 24.2 Å². The molecule has 1 saturated carbocycles. The Morgan fingerprint density at radius 1 is 1.41 bits per heavy atom. The lowest BCUT2D eigenvalue weighted by Crippen LogP contribution is -2.13. The number of benzene rings is 1. The molecular weight excluding hydrogens is 242 g/mol. The summed E-state index contributed by atoms with van der Waals surface area (Å²) in [6.07, 6.45) is 0.580. The van der Waals surface area contributed by atoms with Crippen molar-refractivity contribution >= 4 is 16.0 Å². The molecule has 5 nitrogen and oxygen atoms in total. The van der Waals surface area contributed by atoms with Gasteiger partial charge in [0, 0.05) is 5.92 Å². The maximum Gasteiger partial charge on any atom is 0.309 e. The average Bonchev–Trinajstić information content (AvgIpc) is 2.91. The van der Waals surface area contributed by atoms with Gasteiger partial charge in [0.1, 0.15) is 0 Å². The third kappa shape index (κ3) is 2.05. The van der Waals surface area contributed by atoms with Gasteiger partial charge in [-0.1, -0.05) is 12.1 Å². The van der Waals surface area contributed by atoms with Gasteiger partial charge in [-0.15, -0.1) is 0 Å². The van der Waals surface area contributed by atoms with Crippen LogP contribution in [-0.4, -0.2) is 19.5 Å². The lowest BCUT2D eigenvalue weighted by atomic mass is 10.0. The summed E-state index contributed by atoms with van der Waals surface area (Å²) in [4.78, 5) is 11.0. The van der Waals surface area contributed by atoms with E-state index in [4.69, 9.17) is 10.2 Å². The molecule has 0 aromatic heterocycles. The fourth-order valence-corrected chi connectivity index (χ4v) is 2.49. The van der Waals surface area contributed by atoms with Crippen molar-refractivity contribution in [1.82, 2.24) is 0 Å². The van der Waals surface area contributed by atoms with Crippen LogP contribution in [0.25, 0.3) is 0 Å². The van der Waals surface area contributed by atoms with Crippen LogP contribution in [0.4, 0.5) is 0 Å². The van der Waals surface area contributed by atoms with E-state index >= 15 is 0 Å². The molecule has 0 aliphatic heterocycles. The van der Waals surface area contributed by atoms with Crippen LogP contribution in [0.5, 0.6) is 0 Å². The quantitative estimate of drug-likeness (QED) is 0.838. The molecule has 0 amide bonds. The van der Waals surface area contributed by atoms with Gasteiger partial charge in [-0.2, -0.15) is 0 Å². The maximum absolute atomic E-state index is 11.0. The monoisotopic (exact) mass is 255 g/mol. The van der Waals surface area contributed by atoms with E-state index in [9.17, 15) is 13.2 Å². The topological polar surface area (TPSA) is 97.5 Å². The number of sulfonamides is 1. The number of carbonyl (C=O) groups is 1. The highest BCUT2D eigenvalue weighted by Gasteiger charge is 2.56. The van der Waals surface area contributed by atoms with E-state index in [1.807, 2.05) is 0 Å². The Bertz CT molecular complexity index is 564. The van der Waals surface area contributed by atoms with Crippen LogP contribution in [-0.2, 0) is 14.8 Å². The fourth-order valence-electron chi connectivity index (χ4n) is 1.98. The predicted molar refractivity (Wildman–Crippen MR) is 60.9 cm³/mol. The molecule has 1 aliphatic carbocycles. The lowest BCUT2D eigenvalue weighted by Gasteiger charge is -2.05. The SMILES string of the molecule is CC1(C(=O)O)CC1c1ccc(S(N)(=O)=O)cc1. The minimum absolute atomic E-state index is 0.0407. The van der Waals surface area contributed by atoms with Crippen molar-refractivity contribution < 1.29 is 18.3 Å². The normalized spacial score (nSPS) is 27.8. The van der Waals surface area contributed by atoms with Crippen LogP contribution < -0.4 is 5.14 Å². The number of nitrogens with two attached hydrogens (primary N) is 1. The molecule has 1 fully saturated rings. The second-order valence-corrected chi connectivity index (χ2v) is 6.15.